The Bertz CT molecular complexity index is 1240. The molecule has 1 fully saturated rings. The van der Waals surface area contributed by atoms with Gasteiger partial charge in [-0.05, 0) is 12.1 Å². The first-order valence-electron chi connectivity index (χ1n) is 10.9. The predicted octanol–water partition coefficient (Wildman–Crippen LogP) is 1.62. The number of hydrogen-bond acceptors (Lipinski definition) is 8. The molecule has 0 bridgehead atoms. The van der Waals surface area contributed by atoms with Crippen LogP contribution in [-0.4, -0.2) is 66.9 Å². The van der Waals surface area contributed by atoms with Crippen LogP contribution in [0, 0.1) is 0 Å². The summed E-state index contributed by atoms with van der Waals surface area (Å²) >= 11 is 1.37. The topological polar surface area (TPSA) is 86.0 Å². The number of carbonyl (C=O) groups is 1. The largest absolute Gasteiger partial charge is 0.497 e. The number of carbonyl (C=O) groups excluding carboxylic acids is 1. The van der Waals surface area contributed by atoms with Gasteiger partial charge in [0.25, 0.3) is 5.56 Å². The first-order valence-corrected chi connectivity index (χ1v) is 11.8. The molecule has 0 aliphatic carbocycles. The third-order valence-corrected chi connectivity index (χ3v) is 6.80. The molecule has 2 aromatic heterocycles. The maximum atomic E-state index is 13.1. The molecule has 0 N–H and O–H groups in total. The number of rotatable bonds is 8. The van der Waals surface area contributed by atoms with E-state index < -0.39 is 5.97 Å². The van der Waals surface area contributed by atoms with E-state index in [4.69, 9.17) is 9.47 Å². The highest BCUT2D eigenvalue weighted by Crippen LogP contribution is 2.22. The summed E-state index contributed by atoms with van der Waals surface area (Å²) in [7, 11) is 2.98. The maximum absolute atomic E-state index is 13.1. The summed E-state index contributed by atoms with van der Waals surface area (Å²) in [5.74, 6) is 0.443. The molecule has 0 amide bonds. The Kier molecular flexibility index (Phi) is 7.14. The zero-order valence-electron chi connectivity index (χ0n) is 18.9. The van der Waals surface area contributed by atoms with Gasteiger partial charge in [-0.3, -0.25) is 23.6 Å². The van der Waals surface area contributed by atoms with Gasteiger partial charge in [0.1, 0.15) is 5.75 Å². The minimum absolute atomic E-state index is 0.0752. The van der Waals surface area contributed by atoms with Crippen LogP contribution >= 0.6 is 11.3 Å². The molecular weight excluding hydrogens is 444 g/mol. The van der Waals surface area contributed by atoms with Crippen LogP contribution in [0.2, 0.25) is 0 Å². The van der Waals surface area contributed by atoms with E-state index in [2.05, 4.69) is 15.9 Å². The molecule has 176 valence electrons. The molecule has 3 heterocycles. The van der Waals surface area contributed by atoms with E-state index in [1.807, 2.05) is 18.2 Å². The first kappa shape index (κ1) is 23.1. The van der Waals surface area contributed by atoms with Crippen molar-refractivity contribution in [1.29, 1.82) is 0 Å². The predicted molar refractivity (Wildman–Crippen MR) is 129 cm³/mol. The summed E-state index contributed by atoms with van der Waals surface area (Å²) < 4.78 is 12.8. The third-order valence-electron chi connectivity index (χ3n) is 6.07. The zero-order chi connectivity index (χ0) is 23.4. The lowest BCUT2D eigenvalue weighted by molar-refractivity contribution is -0.140. The number of nitrogens with zero attached hydrogens (tertiary/aromatic N) is 4. The number of ether oxygens (including phenoxy) is 2. The number of fused-ring (bicyclic) bond motifs is 1. The number of hydrogen-bond donors (Lipinski definition) is 0. The van der Waals surface area contributed by atoms with Gasteiger partial charge in [0.05, 0.1) is 31.5 Å². The fourth-order valence-electron chi connectivity index (χ4n) is 4.14. The van der Waals surface area contributed by atoms with Crippen LogP contribution in [0.5, 0.6) is 5.75 Å². The van der Waals surface area contributed by atoms with Crippen LogP contribution in [0.4, 0.5) is 5.69 Å². The highest BCUT2D eigenvalue weighted by Gasteiger charge is 2.19. The highest BCUT2D eigenvalue weighted by molar-refractivity contribution is 7.09. The van der Waals surface area contributed by atoms with Crippen LogP contribution < -0.4 is 20.9 Å². The standard InChI is InChI=1S/C23H28N4O5S/c1-31-18-5-3-4-17(14-18)25-11-8-24(9-12-25)10-13-27-22(29)19-15-33-16-20(19)26(23(27)30)7-6-21(28)32-2/h3-5,14-16H,6-13H2,1-2H3. The molecule has 0 unspecified atom stereocenters. The summed E-state index contributed by atoms with van der Waals surface area (Å²) in [5.41, 5.74) is 1.04. The second-order valence-electron chi connectivity index (χ2n) is 7.92. The van der Waals surface area contributed by atoms with Crippen molar-refractivity contribution in [3.63, 3.8) is 0 Å². The smallest absolute Gasteiger partial charge is 0.331 e. The number of methoxy groups -OCH3 is 2. The van der Waals surface area contributed by atoms with Gasteiger partial charge in [-0.25, -0.2) is 4.79 Å². The second kappa shape index (κ2) is 10.2. The lowest BCUT2D eigenvalue weighted by atomic mass is 10.2. The monoisotopic (exact) mass is 472 g/mol. The fraction of sp³-hybridized carbons (Fsp3) is 0.435. The molecule has 3 aromatic rings. The average Bonchev–Trinajstić information content (AvgIpc) is 3.34. The fourth-order valence-corrected chi connectivity index (χ4v) is 4.95. The normalized spacial score (nSPS) is 14.5. The number of esters is 1. The Labute approximate surface area is 195 Å². The summed E-state index contributed by atoms with van der Waals surface area (Å²) in [5, 5.41) is 4.04. The number of anilines is 1. The van der Waals surface area contributed by atoms with Crippen molar-refractivity contribution in [2.45, 2.75) is 19.5 Å². The van der Waals surface area contributed by atoms with Crippen molar-refractivity contribution in [3.8, 4) is 5.75 Å². The van der Waals surface area contributed by atoms with E-state index >= 15 is 0 Å². The van der Waals surface area contributed by atoms with Crippen molar-refractivity contribution in [1.82, 2.24) is 14.0 Å². The first-order chi connectivity index (χ1) is 16.0. The Balaban J connectivity index is 1.45. The van der Waals surface area contributed by atoms with Gasteiger partial charge < -0.3 is 14.4 Å². The molecule has 1 aromatic carbocycles. The van der Waals surface area contributed by atoms with Crippen LogP contribution in [0.15, 0.2) is 44.6 Å². The van der Waals surface area contributed by atoms with Crippen LogP contribution in [-0.2, 0) is 22.6 Å². The van der Waals surface area contributed by atoms with E-state index in [1.165, 1.54) is 27.6 Å². The Morgan fingerprint density at radius 1 is 1.00 bits per heavy atom. The van der Waals surface area contributed by atoms with Crippen LogP contribution in [0.25, 0.3) is 10.9 Å². The Morgan fingerprint density at radius 2 is 1.79 bits per heavy atom. The quantitative estimate of drug-likeness (QED) is 0.461. The lowest BCUT2D eigenvalue weighted by Gasteiger charge is -2.36. The lowest BCUT2D eigenvalue weighted by Crippen LogP contribution is -2.49. The van der Waals surface area contributed by atoms with E-state index in [0.29, 0.717) is 24.0 Å². The van der Waals surface area contributed by atoms with Gasteiger partial charge in [-0.15, -0.1) is 11.3 Å². The molecule has 10 heteroatoms. The summed E-state index contributed by atoms with van der Waals surface area (Å²) in [6.07, 6.45) is 0.0752. The number of piperazine rings is 1. The van der Waals surface area contributed by atoms with Gasteiger partial charge in [0.15, 0.2) is 0 Å². The molecule has 1 aliphatic heterocycles. The van der Waals surface area contributed by atoms with E-state index in [1.54, 1.807) is 17.9 Å². The molecule has 0 spiro atoms. The summed E-state index contributed by atoms with van der Waals surface area (Å²) in [6.45, 7) is 4.48. The average molecular weight is 473 g/mol. The maximum Gasteiger partial charge on any atom is 0.331 e. The highest BCUT2D eigenvalue weighted by atomic mass is 32.1. The molecule has 0 radical (unpaired) electrons. The second-order valence-corrected chi connectivity index (χ2v) is 8.66. The van der Waals surface area contributed by atoms with Crippen molar-refractivity contribution >= 4 is 33.9 Å². The van der Waals surface area contributed by atoms with E-state index in [0.717, 1.165) is 37.6 Å². The van der Waals surface area contributed by atoms with E-state index in [9.17, 15) is 14.4 Å². The SMILES string of the molecule is COC(=O)CCn1c(=O)n(CCN2CCN(c3cccc(OC)c3)CC2)c(=O)c2cscc21. The molecule has 0 saturated carbocycles. The van der Waals surface area contributed by atoms with Crippen LogP contribution in [0.3, 0.4) is 0 Å². The molecule has 33 heavy (non-hydrogen) atoms. The number of thiophene rings is 1. The summed E-state index contributed by atoms with van der Waals surface area (Å²) in [6, 6.07) is 8.02. The van der Waals surface area contributed by atoms with Gasteiger partial charge in [-0.1, -0.05) is 6.07 Å². The number of benzene rings is 1. The van der Waals surface area contributed by atoms with Crippen LogP contribution in [0.1, 0.15) is 6.42 Å². The molecule has 1 saturated heterocycles. The molecule has 0 atom stereocenters. The number of aryl methyl sites for hydroxylation is 1. The Morgan fingerprint density at radius 3 is 2.52 bits per heavy atom. The van der Waals surface area contributed by atoms with E-state index in [-0.39, 0.29) is 24.2 Å². The number of aromatic nitrogens is 2. The van der Waals surface area contributed by atoms with Crippen molar-refractivity contribution in [2.24, 2.45) is 0 Å². The van der Waals surface area contributed by atoms with Crippen molar-refractivity contribution < 1.29 is 14.3 Å². The zero-order valence-corrected chi connectivity index (χ0v) is 19.7. The van der Waals surface area contributed by atoms with Crippen molar-refractivity contribution in [3.05, 3.63) is 55.9 Å². The third kappa shape index (κ3) is 4.96. The molecule has 4 rings (SSSR count). The molecule has 1 aliphatic rings. The van der Waals surface area contributed by atoms with Gasteiger partial charge in [0, 0.05) is 68.3 Å². The van der Waals surface area contributed by atoms with Crippen molar-refractivity contribution in [2.75, 3.05) is 51.8 Å². The Hall–Kier alpha value is -3.11. The minimum Gasteiger partial charge on any atom is -0.497 e. The van der Waals surface area contributed by atoms with Gasteiger partial charge >= 0.3 is 11.7 Å². The summed E-state index contributed by atoms with van der Waals surface area (Å²) in [4.78, 5) is 42.2. The van der Waals surface area contributed by atoms with Gasteiger partial charge in [-0.2, -0.15) is 0 Å². The van der Waals surface area contributed by atoms with Gasteiger partial charge in [0.2, 0.25) is 0 Å². The minimum atomic E-state index is -0.392. The molecular formula is C23H28N4O5S. The molecule has 9 nitrogen and oxygen atoms in total.